The number of rotatable bonds is 3. The topological polar surface area (TPSA) is 56.8 Å². The van der Waals surface area contributed by atoms with Gasteiger partial charge in [0.05, 0.1) is 25.3 Å². The maximum absolute atomic E-state index is 12.1. The second kappa shape index (κ2) is 5.36. The number of hydrogen-bond acceptors (Lipinski definition) is 4. The average Bonchev–Trinajstić information content (AvgIpc) is 2.54. The zero-order valence-electron chi connectivity index (χ0n) is 11.8. The van der Waals surface area contributed by atoms with E-state index in [1.807, 2.05) is 12.1 Å². The van der Waals surface area contributed by atoms with Crippen LogP contribution in [0.1, 0.15) is 22.1 Å². The Morgan fingerprint density at radius 1 is 1.10 bits per heavy atom. The first-order valence-corrected chi connectivity index (χ1v) is 6.51. The van der Waals surface area contributed by atoms with Crippen molar-refractivity contribution in [2.24, 2.45) is 0 Å². The van der Waals surface area contributed by atoms with Crippen molar-refractivity contribution in [2.75, 3.05) is 14.2 Å². The molecule has 0 bridgehead atoms. The number of amides is 1. The number of ether oxygens (including phenoxy) is 3. The standard InChI is InChI=1S/C16H15NO4/c1-19-10-7-8-12(14(9-10)20-2)16-17-15(18)11-5-3-4-6-13(11)21-16/h3-9,16H,1-2H3,(H,17,18)/t16-/m0/s1. The molecular weight excluding hydrogens is 270 g/mol. The molecule has 1 N–H and O–H groups in total. The van der Waals surface area contributed by atoms with Gasteiger partial charge in [0.2, 0.25) is 6.23 Å². The van der Waals surface area contributed by atoms with Crippen molar-refractivity contribution in [3.8, 4) is 17.2 Å². The first-order chi connectivity index (χ1) is 10.2. The van der Waals surface area contributed by atoms with Gasteiger partial charge in [0.1, 0.15) is 17.2 Å². The smallest absolute Gasteiger partial charge is 0.258 e. The van der Waals surface area contributed by atoms with E-state index >= 15 is 0 Å². The number of hydrogen-bond donors (Lipinski definition) is 1. The van der Waals surface area contributed by atoms with Crippen molar-refractivity contribution in [1.82, 2.24) is 5.32 Å². The highest BCUT2D eigenvalue weighted by atomic mass is 16.5. The Balaban J connectivity index is 1.98. The predicted molar refractivity (Wildman–Crippen MR) is 76.8 cm³/mol. The number of fused-ring (bicyclic) bond motifs is 1. The molecule has 0 unspecified atom stereocenters. The van der Waals surface area contributed by atoms with Crippen LogP contribution in [0.4, 0.5) is 0 Å². The Morgan fingerprint density at radius 2 is 1.90 bits per heavy atom. The number of carbonyl (C=O) groups excluding carboxylic acids is 1. The number of benzene rings is 2. The fourth-order valence-electron chi connectivity index (χ4n) is 2.29. The molecule has 3 rings (SSSR count). The molecule has 1 atom stereocenters. The largest absolute Gasteiger partial charge is 0.497 e. The van der Waals surface area contributed by atoms with E-state index in [1.54, 1.807) is 44.6 Å². The fraction of sp³-hybridized carbons (Fsp3) is 0.188. The number of para-hydroxylation sites is 1. The van der Waals surface area contributed by atoms with Crippen molar-refractivity contribution >= 4 is 5.91 Å². The lowest BCUT2D eigenvalue weighted by atomic mass is 10.1. The molecule has 108 valence electrons. The third kappa shape index (κ3) is 2.38. The van der Waals surface area contributed by atoms with E-state index in [1.165, 1.54) is 0 Å². The van der Waals surface area contributed by atoms with Gasteiger partial charge in [0.25, 0.3) is 5.91 Å². The minimum atomic E-state index is -0.590. The third-order valence-electron chi connectivity index (χ3n) is 3.36. The van der Waals surface area contributed by atoms with E-state index < -0.39 is 6.23 Å². The van der Waals surface area contributed by atoms with Crippen molar-refractivity contribution in [3.63, 3.8) is 0 Å². The van der Waals surface area contributed by atoms with E-state index in [4.69, 9.17) is 14.2 Å². The van der Waals surface area contributed by atoms with Crippen LogP contribution in [0.2, 0.25) is 0 Å². The van der Waals surface area contributed by atoms with Crippen molar-refractivity contribution < 1.29 is 19.0 Å². The summed E-state index contributed by atoms with van der Waals surface area (Å²) in [5, 5.41) is 2.82. The molecule has 0 spiro atoms. The summed E-state index contributed by atoms with van der Waals surface area (Å²) in [6, 6.07) is 12.5. The first kappa shape index (κ1) is 13.3. The van der Waals surface area contributed by atoms with Gasteiger partial charge < -0.3 is 19.5 Å². The zero-order chi connectivity index (χ0) is 14.8. The molecule has 2 aromatic rings. The molecule has 0 saturated heterocycles. The quantitative estimate of drug-likeness (QED) is 0.941. The highest BCUT2D eigenvalue weighted by Gasteiger charge is 2.28. The fourth-order valence-corrected chi connectivity index (χ4v) is 2.29. The molecule has 2 aromatic carbocycles. The average molecular weight is 285 g/mol. The highest BCUT2D eigenvalue weighted by Crippen LogP contribution is 2.34. The number of methoxy groups -OCH3 is 2. The molecule has 0 fully saturated rings. The van der Waals surface area contributed by atoms with Gasteiger partial charge in [0.15, 0.2) is 0 Å². The molecule has 0 radical (unpaired) electrons. The van der Waals surface area contributed by atoms with Crippen LogP contribution in [0, 0.1) is 0 Å². The van der Waals surface area contributed by atoms with E-state index in [0.29, 0.717) is 22.8 Å². The van der Waals surface area contributed by atoms with Crippen LogP contribution in [-0.4, -0.2) is 20.1 Å². The van der Waals surface area contributed by atoms with Crippen molar-refractivity contribution in [2.45, 2.75) is 6.23 Å². The van der Waals surface area contributed by atoms with Gasteiger partial charge in [-0.3, -0.25) is 4.79 Å². The number of nitrogens with one attached hydrogen (secondary N) is 1. The van der Waals surface area contributed by atoms with Crippen molar-refractivity contribution in [3.05, 3.63) is 53.6 Å². The van der Waals surface area contributed by atoms with Crippen LogP contribution in [0.5, 0.6) is 17.2 Å². The predicted octanol–water partition coefficient (Wildman–Crippen LogP) is 2.52. The molecule has 1 heterocycles. The van der Waals surface area contributed by atoms with Crippen LogP contribution < -0.4 is 19.5 Å². The van der Waals surface area contributed by atoms with Crippen LogP contribution in [-0.2, 0) is 0 Å². The van der Waals surface area contributed by atoms with Gasteiger partial charge >= 0.3 is 0 Å². The molecule has 0 aliphatic carbocycles. The van der Waals surface area contributed by atoms with Gasteiger partial charge in [0, 0.05) is 6.07 Å². The molecule has 0 aromatic heterocycles. The SMILES string of the molecule is COc1ccc([C@H]2NC(=O)c3ccccc3O2)c(OC)c1. The Labute approximate surface area is 122 Å². The molecule has 5 nitrogen and oxygen atoms in total. The second-order valence-electron chi connectivity index (χ2n) is 4.58. The van der Waals surface area contributed by atoms with E-state index in [-0.39, 0.29) is 5.91 Å². The van der Waals surface area contributed by atoms with Gasteiger partial charge in [-0.05, 0) is 24.3 Å². The summed E-state index contributed by atoms with van der Waals surface area (Å²) in [6.07, 6.45) is -0.590. The summed E-state index contributed by atoms with van der Waals surface area (Å²) in [4.78, 5) is 12.1. The lowest BCUT2D eigenvalue weighted by molar-refractivity contribution is 0.0751. The van der Waals surface area contributed by atoms with Crippen LogP contribution >= 0.6 is 0 Å². The third-order valence-corrected chi connectivity index (χ3v) is 3.36. The lowest BCUT2D eigenvalue weighted by Crippen LogP contribution is -2.36. The van der Waals surface area contributed by atoms with Gasteiger partial charge in [-0.2, -0.15) is 0 Å². The Bertz CT molecular complexity index is 684. The Kier molecular flexibility index (Phi) is 3.39. The summed E-state index contributed by atoms with van der Waals surface area (Å²) in [6.45, 7) is 0. The van der Waals surface area contributed by atoms with Crippen LogP contribution in [0.15, 0.2) is 42.5 Å². The molecular formula is C16H15NO4. The second-order valence-corrected chi connectivity index (χ2v) is 4.58. The van der Waals surface area contributed by atoms with Crippen LogP contribution in [0.25, 0.3) is 0 Å². The summed E-state index contributed by atoms with van der Waals surface area (Å²) >= 11 is 0. The number of carbonyl (C=O) groups is 1. The summed E-state index contributed by atoms with van der Waals surface area (Å²) in [7, 11) is 3.15. The molecule has 1 aliphatic rings. The molecule has 5 heteroatoms. The zero-order valence-corrected chi connectivity index (χ0v) is 11.8. The summed E-state index contributed by atoms with van der Waals surface area (Å²) in [5.41, 5.74) is 1.27. The van der Waals surface area contributed by atoms with Gasteiger partial charge in [-0.1, -0.05) is 12.1 Å². The lowest BCUT2D eigenvalue weighted by Gasteiger charge is -2.28. The summed E-state index contributed by atoms with van der Waals surface area (Å²) < 4.78 is 16.4. The molecule has 1 amide bonds. The minimum absolute atomic E-state index is 0.167. The van der Waals surface area contributed by atoms with Crippen LogP contribution in [0.3, 0.4) is 0 Å². The van der Waals surface area contributed by atoms with Crippen molar-refractivity contribution in [1.29, 1.82) is 0 Å². The van der Waals surface area contributed by atoms with E-state index in [9.17, 15) is 4.79 Å². The maximum Gasteiger partial charge on any atom is 0.258 e. The highest BCUT2D eigenvalue weighted by molar-refractivity contribution is 5.98. The molecule has 1 aliphatic heterocycles. The Hall–Kier alpha value is -2.69. The minimum Gasteiger partial charge on any atom is -0.497 e. The Morgan fingerprint density at radius 3 is 2.67 bits per heavy atom. The van der Waals surface area contributed by atoms with E-state index in [2.05, 4.69) is 5.32 Å². The maximum atomic E-state index is 12.1. The molecule has 0 saturated carbocycles. The summed E-state index contributed by atoms with van der Waals surface area (Å²) in [5.74, 6) is 1.67. The molecule has 21 heavy (non-hydrogen) atoms. The normalized spacial score (nSPS) is 16.5. The van der Waals surface area contributed by atoms with E-state index in [0.717, 1.165) is 5.56 Å². The van der Waals surface area contributed by atoms with Gasteiger partial charge in [-0.15, -0.1) is 0 Å². The van der Waals surface area contributed by atoms with Gasteiger partial charge in [-0.25, -0.2) is 0 Å². The first-order valence-electron chi connectivity index (χ1n) is 6.51. The monoisotopic (exact) mass is 285 g/mol.